The van der Waals surface area contributed by atoms with Crippen LogP contribution in [0.5, 0.6) is 0 Å². The lowest BCUT2D eigenvalue weighted by Crippen LogP contribution is -2.30. The Morgan fingerprint density at radius 1 is 1.08 bits per heavy atom. The Morgan fingerprint density at radius 2 is 1.76 bits per heavy atom. The number of hydrogen-bond donors (Lipinski definition) is 2. The third-order valence-electron chi connectivity index (χ3n) is 4.22. The Kier molecular flexibility index (Phi) is 6.90. The molecule has 2 rings (SSSR count). The summed E-state index contributed by atoms with van der Waals surface area (Å²) in [5.41, 5.74) is 2.33. The lowest BCUT2D eigenvalue weighted by molar-refractivity contribution is 0.103. The standard InChI is InChI=1S/C21H27N3O/c1-16(21(22)23-13-8-14-24(2)3)18-11-7-12-19(15-18)20(25)17-9-5-4-6-10-17/h4-7,9-12,15-16H,8,13-14H2,1-3H3,(H2,22,23). The van der Waals surface area contributed by atoms with Crippen molar-refractivity contribution in [3.05, 3.63) is 71.3 Å². The van der Waals surface area contributed by atoms with E-state index in [2.05, 4.69) is 10.2 Å². The Hall–Kier alpha value is -2.46. The van der Waals surface area contributed by atoms with E-state index >= 15 is 0 Å². The molecule has 1 atom stereocenters. The van der Waals surface area contributed by atoms with E-state index in [9.17, 15) is 4.79 Å². The molecular weight excluding hydrogens is 310 g/mol. The van der Waals surface area contributed by atoms with Crippen LogP contribution in [-0.4, -0.2) is 43.7 Å². The van der Waals surface area contributed by atoms with Gasteiger partial charge in [-0.05, 0) is 38.7 Å². The van der Waals surface area contributed by atoms with Crippen LogP contribution >= 0.6 is 0 Å². The Balaban J connectivity index is 2.02. The summed E-state index contributed by atoms with van der Waals surface area (Å²) in [6.45, 7) is 3.77. The summed E-state index contributed by atoms with van der Waals surface area (Å²) in [5.74, 6) is 0.436. The van der Waals surface area contributed by atoms with Gasteiger partial charge in [0.2, 0.25) is 0 Å². The van der Waals surface area contributed by atoms with E-state index in [0.29, 0.717) is 17.0 Å². The fourth-order valence-corrected chi connectivity index (χ4v) is 2.64. The molecule has 132 valence electrons. The maximum atomic E-state index is 12.6. The third-order valence-corrected chi connectivity index (χ3v) is 4.22. The molecule has 0 fully saturated rings. The SMILES string of the molecule is CC(C(=N)NCCCN(C)C)c1cccc(C(=O)c2ccccc2)c1. The zero-order chi connectivity index (χ0) is 18.2. The predicted octanol–water partition coefficient (Wildman–Crippen LogP) is 3.54. The number of carbonyl (C=O) groups is 1. The van der Waals surface area contributed by atoms with Crippen LogP contribution < -0.4 is 5.32 Å². The summed E-state index contributed by atoms with van der Waals surface area (Å²) in [7, 11) is 4.09. The molecule has 0 radical (unpaired) electrons. The molecule has 2 aromatic carbocycles. The molecule has 0 aliphatic heterocycles. The molecule has 0 aliphatic rings. The predicted molar refractivity (Wildman–Crippen MR) is 104 cm³/mol. The summed E-state index contributed by atoms with van der Waals surface area (Å²) < 4.78 is 0. The number of rotatable bonds is 8. The van der Waals surface area contributed by atoms with Gasteiger partial charge in [-0.3, -0.25) is 10.2 Å². The van der Waals surface area contributed by atoms with Gasteiger partial charge < -0.3 is 10.2 Å². The molecule has 2 aromatic rings. The van der Waals surface area contributed by atoms with Crippen molar-refractivity contribution in [2.24, 2.45) is 0 Å². The first-order valence-electron chi connectivity index (χ1n) is 8.66. The molecular formula is C21H27N3O. The van der Waals surface area contributed by atoms with E-state index in [4.69, 9.17) is 5.41 Å². The highest BCUT2D eigenvalue weighted by Gasteiger charge is 2.14. The quantitative estimate of drug-likeness (QED) is 0.335. The number of benzene rings is 2. The molecule has 4 heteroatoms. The van der Waals surface area contributed by atoms with Crippen LogP contribution in [0, 0.1) is 5.41 Å². The van der Waals surface area contributed by atoms with Crippen LogP contribution in [-0.2, 0) is 0 Å². The van der Waals surface area contributed by atoms with Crippen molar-refractivity contribution < 1.29 is 4.79 Å². The average Bonchev–Trinajstić information content (AvgIpc) is 2.64. The second kappa shape index (κ2) is 9.14. The highest BCUT2D eigenvalue weighted by atomic mass is 16.1. The molecule has 0 bridgehead atoms. The maximum Gasteiger partial charge on any atom is 0.193 e. The van der Waals surface area contributed by atoms with Gasteiger partial charge in [-0.15, -0.1) is 0 Å². The van der Waals surface area contributed by atoms with Crippen LogP contribution in [0.15, 0.2) is 54.6 Å². The van der Waals surface area contributed by atoms with Crippen LogP contribution in [0.3, 0.4) is 0 Å². The average molecular weight is 337 g/mol. The smallest absolute Gasteiger partial charge is 0.193 e. The summed E-state index contributed by atoms with van der Waals surface area (Å²) in [6.07, 6.45) is 0.995. The molecule has 0 saturated carbocycles. The first-order valence-corrected chi connectivity index (χ1v) is 8.66. The lowest BCUT2D eigenvalue weighted by atomic mass is 9.95. The van der Waals surface area contributed by atoms with E-state index in [0.717, 1.165) is 25.1 Å². The zero-order valence-electron chi connectivity index (χ0n) is 15.3. The zero-order valence-corrected chi connectivity index (χ0v) is 15.3. The lowest BCUT2D eigenvalue weighted by Gasteiger charge is -2.17. The fraction of sp³-hybridized carbons (Fsp3) is 0.333. The van der Waals surface area contributed by atoms with Crippen LogP contribution in [0.25, 0.3) is 0 Å². The molecule has 4 nitrogen and oxygen atoms in total. The van der Waals surface area contributed by atoms with Gasteiger partial charge in [-0.1, -0.05) is 55.5 Å². The number of nitrogens with zero attached hydrogens (tertiary/aromatic N) is 1. The minimum atomic E-state index is -0.0668. The summed E-state index contributed by atoms with van der Waals surface area (Å²) in [6, 6.07) is 16.9. The van der Waals surface area contributed by atoms with E-state index in [1.807, 2.05) is 75.6 Å². The number of nitrogens with one attached hydrogen (secondary N) is 2. The van der Waals surface area contributed by atoms with E-state index in [-0.39, 0.29) is 11.7 Å². The highest BCUT2D eigenvalue weighted by molar-refractivity contribution is 6.09. The van der Waals surface area contributed by atoms with Crippen LogP contribution in [0.2, 0.25) is 0 Å². The molecule has 0 heterocycles. The largest absolute Gasteiger partial charge is 0.373 e. The number of hydrogen-bond acceptors (Lipinski definition) is 3. The molecule has 25 heavy (non-hydrogen) atoms. The molecule has 1 unspecified atom stereocenters. The van der Waals surface area contributed by atoms with Gasteiger partial charge in [0.25, 0.3) is 0 Å². The van der Waals surface area contributed by atoms with Gasteiger partial charge in [0.15, 0.2) is 5.78 Å². The van der Waals surface area contributed by atoms with E-state index < -0.39 is 0 Å². The fourth-order valence-electron chi connectivity index (χ4n) is 2.64. The topological polar surface area (TPSA) is 56.2 Å². The van der Waals surface area contributed by atoms with Crippen LogP contribution in [0.4, 0.5) is 0 Å². The first kappa shape index (κ1) is 18.9. The highest BCUT2D eigenvalue weighted by Crippen LogP contribution is 2.19. The Labute approximate surface area is 150 Å². The van der Waals surface area contributed by atoms with Gasteiger partial charge in [0, 0.05) is 23.6 Å². The minimum absolute atomic E-state index is 0.0140. The van der Waals surface area contributed by atoms with Gasteiger partial charge in [-0.25, -0.2) is 0 Å². The maximum absolute atomic E-state index is 12.6. The number of amidine groups is 1. The first-order chi connectivity index (χ1) is 12.0. The molecule has 0 spiro atoms. The van der Waals surface area contributed by atoms with E-state index in [1.165, 1.54) is 0 Å². The Bertz CT molecular complexity index is 710. The van der Waals surface area contributed by atoms with Crippen molar-refractivity contribution in [1.29, 1.82) is 5.41 Å². The summed E-state index contributed by atoms with van der Waals surface area (Å²) in [4.78, 5) is 14.7. The van der Waals surface area contributed by atoms with Crippen molar-refractivity contribution in [3.8, 4) is 0 Å². The number of ketones is 1. The summed E-state index contributed by atoms with van der Waals surface area (Å²) >= 11 is 0. The van der Waals surface area contributed by atoms with Crippen LogP contribution in [0.1, 0.15) is 40.7 Å². The van der Waals surface area contributed by atoms with Crippen molar-refractivity contribution >= 4 is 11.6 Å². The van der Waals surface area contributed by atoms with Crippen molar-refractivity contribution in [2.45, 2.75) is 19.3 Å². The van der Waals surface area contributed by atoms with Gasteiger partial charge in [-0.2, -0.15) is 0 Å². The van der Waals surface area contributed by atoms with Gasteiger partial charge in [0.1, 0.15) is 5.84 Å². The van der Waals surface area contributed by atoms with Gasteiger partial charge in [0.05, 0.1) is 0 Å². The van der Waals surface area contributed by atoms with Gasteiger partial charge >= 0.3 is 0 Å². The second-order valence-corrected chi connectivity index (χ2v) is 6.54. The van der Waals surface area contributed by atoms with Crippen molar-refractivity contribution in [1.82, 2.24) is 10.2 Å². The Morgan fingerprint density at radius 3 is 2.44 bits per heavy atom. The van der Waals surface area contributed by atoms with Crippen molar-refractivity contribution in [2.75, 3.05) is 27.2 Å². The molecule has 0 aromatic heterocycles. The second-order valence-electron chi connectivity index (χ2n) is 6.54. The van der Waals surface area contributed by atoms with E-state index in [1.54, 1.807) is 0 Å². The monoisotopic (exact) mass is 337 g/mol. The number of carbonyl (C=O) groups excluding carboxylic acids is 1. The molecule has 2 N–H and O–H groups in total. The molecule has 0 saturated heterocycles. The van der Waals surface area contributed by atoms with Crippen molar-refractivity contribution in [3.63, 3.8) is 0 Å². The normalized spacial score (nSPS) is 12.0. The minimum Gasteiger partial charge on any atom is -0.373 e. The summed E-state index contributed by atoms with van der Waals surface area (Å²) in [5, 5.41) is 11.4. The third kappa shape index (κ3) is 5.54. The molecule has 0 aliphatic carbocycles. The molecule has 0 amide bonds.